The van der Waals surface area contributed by atoms with Gasteiger partial charge in [-0.25, -0.2) is 15.0 Å². The van der Waals surface area contributed by atoms with E-state index in [1.807, 2.05) is 60.7 Å². The van der Waals surface area contributed by atoms with Crippen LogP contribution in [-0.2, 0) is 0 Å². The fourth-order valence-electron chi connectivity index (χ4n) is 6.52. The lowest BCUT2D eigenvalue weighted by Crippen LogP contribution is -2.01. The third kappa shape index (κ3) is 5.45. The average Bonchev–Trinajstić information content (AvgIpc) is 3.57. The molecular formula is C45H29N3O. The lowest BCUT2D eigenvalue weighted by Gasteiger charge is -2.13. The van der Waals surface area contributed by atoms with Crippen LogP contribution in [0.5, 0.6) is 0 Å². The van der Waals surface area contributed by atoms with Crippen LogP contribution in [-0.4, -0.2) is 15.0 Å². The van der Waals surface area contributed by atoms with Gasteiger partial charge in [-0.05, 0) is 69.8 Å². The van der Waals surface area contributed by atoms with Crippen LogP contribution in [0.4, 0.5) is 0 Å². The van der Waals surface area contributed by atoms with Crippen molar-refractivity contribution in [2.24, 2.45) is 0 Å². The number of hydrogen-bond acceptors (Lipinski definition) is 4. The van der Waals surface area contributed by atoms with E-state index in [2.05, 4.69) is 115 Å². The Labute approximate surface area is 284 Å². The van der Waals surface area contributed by atoms with Gasteiger partial charge in [-0.1, -0.05) is 140 Å². The van der Waals surface area contributed by atoms with Gasteiger partial charge < -0.3 is 4.42 Å². The molecule has 4 nitrogen and oxygen atoms in total. The summed E-state index contributed by atoms with van der Waals surface area (Å²) in [4.78, 5) is 15.4. The number of aromatic nitrogens is 3. The summed E-state index contributed by atoms with van der Waals surface area (Å²) < 4.78 is 6.39. The predicted molar refractivity (Wildman–Crippen MR) is 200 cm³/mol. The molecule has 0 aliphatic carbocycles. The first-order valence-electron chi connectivity index (χ1n) is 16.4. The summed E-state index contributed by atoms with van der Waals surface area (Å²) in [6, 6.07) is 60.5. The molecule has 0 saturated carbocycles. The van der Waals surface area contributed by atoms with E-state index in [4.69, 9.17) is 19.4 Å². The number of nitrogens with zero attached hydrogens (tertiary/aromatic N) is 3. The SMILES string of the molecule is c1ccc(-c2cc(-c3ccccc3)cc(-c3nc(-c4ccccc4)nc(-c4cccc5oc6ccc(-c7ccccc7)cc6c45)n3)c2)cc1. The van der Waals surface area contributed by atoms with Crippen LogP contribution in [0.2, 0.25) is 0 Å². The Morgan fingerprint density at radius 2 is 0.796 bits per heavy atom. The molecule has 0 aliphatic heterocycles. The van der Waals surface area contributed by atoms with Gasteiger partial charge in [-0.3, -0.25) is 0 Å². The highest BCUT2D eigenvalue weighted by Gasteiger charge is 2.19. The van der Waals surface area contributed by atoms with Gasteiger partial charge in [0.25, 0.3) is 0 Å². The maximum atomic E-state index is 6.39. The summed E-state index contributed by atoms with van der Waals surface area (Å²) in [5.41, 5.74) is 11.1. The first-order valence-corrected chi connectivity index (χ1v) is 16.4. The Kier molecular flexibility index (Phi) is 7.10. The first kappa shape index (κ1) is 28.6. The summed E-state index contributed by atoms with van der Waals surface area (Å²) >= 11 is 0. The van der Waals surface area contributed by atoms with Gasteiger partial charge in [-0.2, -0.15) is 0 Å². The molecule has 0 spiro atoms. The van der Waals surface area contributed by atoms with Crippen molar-refractivity contribution in [1.29, 1.82) is 0 Å². The smallest absolute Gasteiger partial charge is 0.164 e. The maximum Gasteiger partial charge on any atom is 0.164 e. The molecule has 7 aromatic carbocycles. The van der Waals surface area contributed by atoms with Gasteiger partial charge in [0.15, 0.2) is 17.5 Å². The van der Waals surface area contributed by atoms with Crippen LogP contribution in [0.15, 0.2) is 180 Å². The minimum absolute atomic E-state index is 0.591. The summed E-state index contributed by atoms with van der Waals surface area (Å²) in [6.07, 6.45) is 0. The second-order valence-electron chi connectivity index (χ2n) is 12.1. The van der Waals surface area contributed by atoms with Gasteiger partial charge in [-0.15, -0.1) is 0 Å². The van der Waals surface area contributed by atoms with Gasteiger partial charge in [0.1, 0.15) is 11.2 Å². The van der Waals surface area contributed by atoms with E-state index < -0.39 is 0 Å². The zero-order valence-corrected chi connectivity index (χ0v) is 26.5. The number of benzene rings is 7. The number of rotatable bonds is 6. The monoisotopic (exact) mass is 627 g/mol. The van der Waals surface area contributed by atoms with Crippen molar-refractivity contribution in [3.63, 3.8) is 0 Å². The van der Waals surface area contributed by atoms with E-state index in [-0.39, 0.29) is 0 Å². The topological polar surface area (TPSA) is 51.8 Å². The van der Waals surface area contributed by atoms with Crippen LogP contribution >= 0.6 is 0 Å². The molecule has 9 aromatic rings. The van der Waals surface area contributed by atoms with Gasteiger partial charge >= 0.3 is 0 Å². The number of furan rings is 1. The van der Waals surface area contributed by atoms with Crippen molar-refractivity contribution in [2.75, 3.05) is 0 Å². The molecule has 230 valence electrons. The molecule has 0 atom stereocenters. The van der Waals surface area contributed by atoms with Crippen LogP contribution in [0.3, 0.4) is 0 Å². The predicted octanol–water partition coefficient (Wildman–Crippen LogP) is 11.8. The molecule has 0 N–H and O–H groups in total. The molecule has 0 amide bonds. The maximum absolute atomic E-state index is 6.39. The molecule has 2 heterocycles. The molecule has 0 aliphatic rings. The molecule has 0 radical (unpaired) electrons. The molecule has 9 rings (SSSR count). The summed E-state index contributed by atoms with van der Waals surface area (Å²) in [5.74, 6) is 1.81. The first-order chi connectivity index (χ1) is 24.3. The Balaban J connectivity index is 1.29. The van der Waals surface area contributed by atoms with E-state index in [1.165, 1.54) is 0 Å². The summed E-state index contributed by atoms with van der Waals surface area (Å²) in [5, 5.41) is 2.00. The highest BCUT2D eigenvalue weighted by molar-refractivity contribution is 6.12. The minimum atomic E-state index is 0.591. The van der Waals surface area contributed by atoms with Gasteiger partial charge in [0.2, 0.25) is 0 Å². The molecule has 0 saturated heterocycles. The highest BCUT2D eigenvalue weighted by Crippen LogP contribution is 2.39. The Morgan fingerprint density at radius 3 is 1.39 bits per heavy atom. The van der Waals surface area contributed by atoms with Crippen molar-refractivity contribution < 1.29 is 4.42 Å². The van der Waals surface area contributed by atoms with E-state index in [1.54, 1.807) is 0 Å². The van der Waals surface area contributed by atoms with E-state index in [9.17, 15) is 0 Å². The van der Waals surface area contributed by atoms with Gasteiger partial charge in [0, 0.05) is 27.5 Å². The lowest BCUT2D eigenvalue weighted by molar-refractivity contribution is 0.669. The van der Waals surface area contributed by atoms with Crippen molar-refractivity contribution in [3.8, 4) is 67.5 Å². The molecule has 4 heteroatoms. The molecular weight excluding hydrogens is 599 g/mol. The quantitative estimate of drug-likeness (QED) is 0.184. The molecule has 0 bridgehead atoms. The average molecular weight is 628 g/mol. The third-order valence-corrected chi connectivity index (χ3v) is 8.92. The molecule has 49 heavy (non-hydrogen) atoms. The van der Waals surface area contributed by atoms with E-state index in [0.29, 0.717) is 17.5 Å². The Morgan fingerprint density at radius 1 is 0.306 bits per heavy atom. The zero-order chi connectivity index (χ0) is 32.6. The second-order valence-corrected chi connectivity index (χ2v) is 12.1. The van der Waals surface area contributed by atoms with Crippen molar-refractivity contribution >= 4 is 21.9 Å². The van der Waals surface area contributed by atoms with Crippen LogP contribution in [0, 0.1) is 0 Å². The standard InChI is InChI=1S/C45H29N3O/c1-5-14-30(15-6-1)34-24-25-40-39(29-34)42-38(22-13-23-41(42)49-40)45-47-43(33-20-11-4-12-21-33)46-44(48-45)37-27-35(31-16-7-2-8-17-31)26-36(28-37)32-18-9-3-10-19-32/h1-29H. The van der Waals surface area contributed by atoms with Crippen LogP contribution in [0.1, 0.15) is 0 Å². The molecule has 0 unspecified atom stereocenters. The second kappa shape index (κ2) is 12.2. The lowest BCUT2D eigenvalue weighted by atomic mass is 9.96. The largest absolute Gasteiger partial charge is 0.456 e. The Bertz CT molecular complexity index is 2520. The van der Waals surface area contributed by atoms with Gasteiger partial charge in [0.05, 0.1) is 0 Å². The van der Waals surface area contributed by atoms with Crippen molar-refractivity contribution in [3.05, 3.63) is 176 Å². The number of fused-ring (bicyclic) bond motifs is 3. The Hall–Kier alpha value is -6.65. The summed E-state index contributed by atoms with van der Waals surface area (Å²) in [7, 11) is 0. The van der Waals surface area contributed by atoms with E-state index in [0.717, 1.165) is 72.0 Å². The molecule has 2 aromatic heterocycles. The summed E-state index contributed by atoms with van der Waals surface area (Å²) in [6.45, 7) is 0. The zero-order valence-electron chi connectivity index (χ0n) is 26.5. The normalized spacial score (nSPS) is 11.3. The fraction of sp³-hybridized carbons (Fsp3) is 0. The molecule has 0 fully saturated rings. The van der Waals surface area contributed by atoms with Crippen molar-refractivity contribution in [2.45, 2.75) is 0 Å². The third-order valence-electron chi connectivity index (χ3n) is 8.92. The fourth-order valence-corrected chi connectivity index (χ4v) is 6.52. The van der Waals surface area contributed by atoms with Crippen LogP contribution < -0.4 is 0 Å². The van der Waals surface area contributed by atoms with Crippen molar-refractivity contribution in [1.82, 2.24) is 15.0 Å². The number of hydrogen-bond donors (Lipinski definition) is 0. The minimum Gasteiger partial charge on any atom is -0.456 e. The highest BCUT2D eigenvalue weighted by atomic mass is 16.3. The van der Waals surface area contributed by atoms with E-state index >= 15 is 0 Å². The van der Waals surface area contributed by atoms with Crippen LogP contribution in [0.25, 0.3) is 89.5 Å².